The van der Waals surface area contributed by atoms with Crippen LogP contribution in [0.2, 0.25) is 0 Å². The highest BCUT2D eigenvalue weighted by atomic mass is 79.9. The fourth-order valence-electron chi connectivity index (χ4n) is 3.51. The van der Waals surface area contributed by atoms with Gasteiger partial charge < -0.3 is 23.8 Å². The zero-order valence-electron chi connectivity index (χ0n) is 17.1. The Morgan fingerprint density at radius 1 is 1.29 bits per heavy atom. The highest BCUT2D eigenvalue weighted by Gasteiger charge is 2.49. The number of methoxy groups -OCH3 is 1. The molecular formula is C20H26BrNO6. The fourth-order valence-corrected chi connectivity index (χ4v) is 4.00. The standard InChI is InChI=1S/C20H26BrNO6/c1-11-13(17(23)25-6)9-14(21)16-15(11)26-20(5,27-16)12-7-8-22(10-12)18(24)28-19(2,3)4/h9,12H,7-8,10H2,1-6H3. The Morgan fingerprint density at radius 3 is 2.54 bits per heavy atom. The summed E-state index contributed by atoms with van der Waals surface area (Å²) in [7, 11) is 1.34. The lowest BCUT2D eigenvalue weighted by atomic mass is 9.99. The summed E-state index contributed by atoms with van der Waals surface area (Å²) in [6.07, 6.45) is 0.393. The van der Waals surface area contributed by atoms with Gasteiger partial charge in [0.05, 0.1) is 23.1 Å². The summed E-state index contributed by atoms with van der Waals surface area (Å²) in [5.41, 5.74) is 0.542. The zero-order valence-corrected chi connectivity index (χ0v) is 18.6. The number of likely N-dealkylation sites (tertiary alicyclic amines) is 1. The van der Waals surface area contributed by atoms with Crippen LogP contribution in [-0.4, -0.2) is 48.5 Å². The van der Waals surface area contributed by atoms with Gasteiger partial charge in [0.2, 0.25) is 0 Å². The molecule has 8 heteroatoms. The maximum Gasteiger partial charge on any atom is 0.410 e. The van der Waals surface area contributed by atoms with Gasteiger partial charge in [-0.1, -0.05) is 0 Å². The molecule has 0 radical (unpaired) electrons. The normalized spacial score (nSPS) is 23.7. The molecule has 0 saturated carbocycles. The van der Waals surface area contributed by atoms with Crippen molar-refractivity contribution in [2.24, 2.45) is 5.92 Å². The first-order valence-electron chi connectivity index (χ1n) is 9.22. The Hall–Kier alpha value is -1.96. The van der Waals surface area contributed by atoms with Crippen molar-refractivity contribution in [3.8, 4) is 11.5 Å². The number of rotatable bonds is 2. The Morgan fingerprint density at radius 2 is 1.93 bits per heavy atom. The molecule has 1 fully saturated rings. The molecule has 2 atom stereocenters. The fraction of sp³-hybridized carbons (Fsp3) is 0.600. The van der Waals surface area contributed by atoms with Crippen LogP contribution >= 0.6 is 15.9 Å². The van der Waals surface area contributed by atoms with Crippen molar-refractivity contribution in [1.82, 2.24) is 4.90 Å². The summed E-state index contributed by atoms with van der Waals surface area (Å²) in [6.45, 7) is 10.2. The van der Waals surface area contributed by atoms with Crippen molar-refractivity contribution in [2.45, 2.75) is 52.4 Å². The van der Waals surface area contributed by atoms with Crippen molar-refractivity contribution >= 4 is 28.0 Å². The summed E-state index contributed by atoms with van der Waals surface area (Å²) < 4.78 is 23.3. The van der Waals surface area contributed by atoms with E-state index in [4.69, 9.17) is 18.9 Å². The predicted octanol–water partition coefficient (Wildman–Crippen LogP) is 4.29. The van der Waals surface area contributed by atoms with Crippen LogP contribution in [0.15, 0.2) is 10.5 Å². The van der Waals surface area contributed by atoms with Crippen LogP contribution in [0, 0.1) is 12.8 Å². The van der Waals surface area contributed by atoms with E-state index in [1.54, 1.807) is 17.9 Å². The molecule has 28 heavy (non-hydrogen) atoms. The number of benzene rings is 1. The third-order valence-corrected chi connectivity index (χ3v) is 5.62. The SMILES string of the molecule is COC(=O)c1cc(Br)c2c(c1C)OC(C)(C1CCN(C(=O)OC(C)(C)C)C1)O2. The molecule has 1 amide bonds. The molecule has 0 N–H and O–H groups in total. The van der Waals surface area contributed by atoms with Gasteiger partial charge in [-0.25, -0.2) is 9.59 Å². The Labute approximate surface area is 173 Å². The maximum absolute atomic E-state index is 12.4. The Kier molecular flexibility index (Phi) is 5.29. The van der Waals surface area contributed by atoms with Crippen LogP contribution in [0.25, 0.3) is 0 Å². The molecule has 154 valence electrons. The van der Waals surface area contributed by atoms with Crippen LogP contribution in [0.5, 0.6) is 11.5 Å². The van der Waals surface area contributed by atoms with Crippen LogP contribution in [-0.2, 0) is 9.47 Å². The average molecular weight is 456 g/mol. The number of halogens is 1. The minimum atomic E-state index is -0.943. The van der Waals surface area contributed by atoms with E-state index in [9.17, 15) is 9.59 Å². The molecule has 0 aromatic heterocycles. The summed E-state index contributed by atoms with van der Waals surface area (Å²) in [6, 6.07) is 1.68. The van der Waals surface area contributed by atoms with Crippen molar-refractivity contribution in [3.05, 3.63) is 21.7 Å². The van der Waals surface area contributed by atoms with Crippen molar-refractivity contribution < 1.29 is 28.5 Å². The summed E-state index contributed by atoms with van der Waals surface area (Å²) in [5.74, 6) is -0.340. The molecule has 2 unspecified atom stereocenters. The lowest BCUT2D eigenvalue weighted by Gasteiger charge is -2.30. The first-order chi connectivity index (χ1) is 12.9. The minimum Gasteiger partial charge on any atom is -0.465 e. The van der Waals surface area contributed by atoms with Gasteiger partial charge in [-0.2, -0.15) is 0 Å². The third kappa shape index (κ3) is 3.79. The van der Waals surface area contributed by atoms with Gasteiger partial charge in [0.15, 0.2) is 11.5 Å². The van der Waals surface area contributed by atoms with Gasteiger partial charge in [-0.3, -0.25) is 0 Å². The number of ether oxygens (including phenoxy) is 4. The second-order valence-electron chi connectivity index (χ2n) is 8.31. The van der Waals surface area contributed by atoms with Crippen molar-refractivity contribution in [3.63, 3.8) is 0 Å². The van der Waals surface area contributed by atoms with E-state index in [-0.39, 0.29) is 12.0 Å². The van der Waals surface area contributed by atoms with Gasteiger partial charge >= 0.3 is 12.1 Å². The Balaban J connectivity index is 1.79. The average Bonchev–Trinajstić information content (AvgIpc) is 3.22. The Bertz CT molecular complexity index is 818. The van der Waals surface area contributed by atoms with E-state index in [1.807, 2.05) is 27.7 Å². The number of hydrogen-bond donors (Lipinski definition) is 0. The topological polar surface area (TPSA) is 74.3 Å². The van der Waals surface area contributed by atoms with Crippen molar-refractivity contribution in [1.29, 1.82) is 0 Å². The number of fused-ring (bicyclic) bond motifs is 1. The first kappa shape index (κ1) is 20.8. The number of esters is 1. The number of carbonyl (C=O) groups excluding carboxylic acids is 2. The van der Waals surface area contributed by atoms with Crippen LogP contribution in [0.4, 0.5) is 4.79 Å². The van der Waals surface area contributed by atoms with E-state index < -0.39 is 17.4 Å². The molecule has 1 saturated heterocycles. The van der Waals surface area contributed by atoms with Crippen LogP contribution < -0.4 is 9.47 Å². The first-order valence-corrected chi connectivity index (χ1v) is 10.0. The summed E-state index contributed by atoms with van der Waals surface area (Å²) in [5, 5.41) is 0. The van der Waals surface area contributed by atoms with Gasteiger partial charge in [0.25, 0.3) is 5.79 Å². The molecule has 3 rings (SSSR count). The van der Waals surface area contributed by atoms with Gasteiger partial charge in [-0.05, 0) is 56.1 Å². The van der Waals surface area contributed by atoms with E-state index in [0.29, 0.717) is 40.2 Å². The van der Waals surface area contributed by atoms with E-state index in [2.05, 4.69) is 15.9 Å². The van der Waals surface area contributed by atoms with Gasteiger partial charge in [0.1, 0.15) is 5.60 Å². The maximum atomic E-state index is 12.4. The monoisotopic (exact) mass is 455 g/mol. The predicted molar refractivity (Wildman–Crippen MR) is 106 cm³/mol. The second-order valence-corrected chi connectivity index (χ2v) is 9.17. The lowest BCUT2D eigenvalue weighted by molar-refractivity contribution is -0.106. The molecule has 2 aliphatic rings. The number of hydrogen-bond acceptors (Lipinski definition) is 6. The van der Waals surface area contributed by atoms with Gasteiger partial charge in [0, 0.05) is 25.6 Å². The molecule has 1 aromatic rings. The zero-order chi connectivity index (χ0) is 20.9. The molecule has 0 bridgehead atoms. The number of amides is 1. The van der Waals surface area contributed by atoms with Crippen LogP contribution in [0.3, 0.4) is 0 Å². The van der Waals surface area contributed by atoms with E-state index in [1.165, 1.54) is 7.11 Å². The van der Waals surface area contributed by atoms with Gasteiger partial charge in [-0.15, -0.1) is 0 Å². The molecule has 7 nitrogen and oxygen atoms in total. The molecular weight excluding hydrogens is 430 g/mol. The van der Waals surface area contributed by atoms with Crippen LogP contribution in [0.1, 0.15) is 50.0 Å². The molecule has 0 spiro atoms. The lowest BCUT2D eigenvalue weighted by Crippen LogP contribution is -2.45. The minimum absolute atomic E-state index is 0.0414. The molecule has 0 aliphatic carbocycles. The molecule has 2 heterocycles. The van der Waals surface area contributed by atoms with E-state index >= 15 is 0 Å². The third-order valence-electron chi connectivity index (χ3n) is 5.04. The summed E-state index contributed by atoms with van der Waals surface area (Å²) >= 11 is 3.46. The highest BCUT2D eigenvalue weighted by molar-refractivity contribution is 9.10. The summed E-state index contributed by atoms with van der Waals surface area (Å²) in [4.78, 5) is 26.1. The van der Waals surface area contributed by atoms with E-state index in [0.717, 1.165) is 6.42 Å². The molecule has 1 aromatic carbocycles. The largest absolute Gasteiger partial charge is 0.465 e. The smallest absolute Gasteiger partial charge is 0.410 e. The highest BCUT2D eigenvalue weighted by Crippen LogP contribution is 2.51. The number of nitrogens with zero attached hydrogens (tertiary/aromatic N) is 1. The second kappa shape index (κ2) is 7.13. The molecule has 2 aliphatic heterocycles. The quantitative estimate of drug-likeness (QED) is 0.619. The number of carbonyl (C=O) groups is 2. The van der Waals surface area contributed by atoms with Crippen molar-refractivity contribution in [2.75, 3.05) is 20.2 Å².